The van der Waals surface area contributed by atoms with E-state index in [1.165, 1.54) is 25.9 Å². The predicted molar refractivity (Wildman–Crippen MR) is 112 cm³/mol. The summed E-state index contributed by atoms with van der Waals surface area (Å²) in [7, 11) is 0. The fourth-order valence-corrected chi connectivity index (χ4v) is 3.94. The minimum Gasteiger partial charge on any atom is -0.493 e. The van der Waals surface area contributed by atoms with Gasteiger partial charge in [-0.2, -0.15) is 10.4 Å². The van der Waals surface area contributed by atoms with E-state index in [9.17, 15) is 5.26 Å². The van der Waals surface area contributed by atoms with Crippen molar-refractivity contribution in [3.05, 3.63) is 42.0 Å². The summed E-state index contributed by atoms with van der Waals surface area (Å²) in [5.41, 5.74) is 3.95. The summed E-state index contributed by atoms with van der Waals surface area (Å²) in [6.45, 7) is 4.26. The third-order valence-electron chi connectivity index (χ3n) is 5.46. The molecule has 1 aliphatic rings. The number of nitrogens with zero attached hydrogens (tertiary/aromatic N) is 4. The summed E-state index contributed by atoms with van der Waals surface area (Å²) < 4.78 is 5.94. The predicted octanol–water partition coefficient (Wildman–Crippen LogP) is 3.84. The van der Waals surface area contributed by atoms with E-state index in [4.69, 9.17) is 4.74 Å². The van der Waals surface area contributed by atoms with Crippen LogP contribution in [0.5, 0.6) is 5.75 Å². The van der Waals surface area contributed by atoms with Gasteiger partial charge in [0.1, 0.15) is 11.4 Å². The Labute approximate surface area is 168 Å². The molecule has 0 bridgehead atoms. The van der Waals surface area contributed by atoms with E-state index in [0.717, 1.165) is 40.7 Å². The van der Waals surface area contributed by atoms with Crippen molar-refractivity contribution in [1.29, 1.82) is 5.26 Å². The van der Waals surface area contributed by atoms with Crippen LogP contribution in [-0.2, 0) is 0 Å². The Kier molecular flexibility index (Phi) is 4.62. The Morgan fingerprint density at radius 3 is 2.86 bits per heavy atom. The Bertz CT molecular complexity index is 1200. The van der Waals surface area contributed by atoms with Gasteiger partial charge < -0.3 is 14.6 Å². The first-order chi connectivity index (χ1) is 14.3. The van der Waals surface area contributed by atoms with Crippen molar-refractivity contribution in [2.45, 2.75) is 19.3 Å². The second-order valence-electron chi connectivity index (χ2n) is 7.46. The van der Waals surface area contributed by atoms with Crippen molar-refractivity contribution in [3.8, 4) is 23.3 Å². The van der Waals surface area contributed by atoms with Crippen molar-refractivity contribution < 1.29 is 4.74 Å². The molecule has 7 heteroatoms. The van der Waals surface area contributed by atoms with Gasteiger partial charge in [0, 0.05) is 18.0 Å². The molecular formula is C22H22N6O. The summed E-state index contributed by atoms with van der Waals surface area (Å²) in [4.78, 5) is 10.5. The molecule has 1 aliphatic heterocycles. The molecule has 2 aromatic heterocycles. The molecule has 0 radical (unpaired) electrons. The van der Waals surface area contributed by atoms with Gasteiger partial charge in [0.2, 0.25) is 0 Å². The summed E-state index contributed by atoms with van der Waals surface area (Å²) in [6, 6.07) is 13.5. The number of rotatable bonds is 6. The van der Waals surface area contributed by atoms with Gasteiger partial charge in [0.05, 0.1) is 34.8 Å². The quantitative estimate of drug-likeness (QED) is 0.491. The largest absolute Gasteiger partial charge is 0.493 e. The molecule has 2 N–H and O–H groups in total. The highest BCUT2D eigenvalue weighted by Gasteiger charge is 2.14. The molecule has 5 rings (SSSR count). The van der Waals surface area contributed by atoms with Crippen LogP contribution < -0.4 is 4.74 Å². The number of aromatic nitrogens is 4. The van der Waals surface area contributed by atoms with Gasteiger partial charge in [-0.15, -0.1) is 0 Å². The summed E-state index contributed by atoms with van der Waals surface area (Å²) in [5.74, 6) is 1.51. The zero-order valence-electron chi connectivity index (χ0n) is 16.1. The zero-order chi connectivity index (χ0) is 19.6. The lowest BCUT2D eigenvalue weighted by molar-refractivity contribution is 0.263. The van der Waals surface area contributed by atoms with Gasteiger partial charge in [-0.3, -0.25) is 5.10 Å². The fourth-order valence-electron chi connectivity index (χ4n) is 3.94. The van der Waals surface area contributed by atoms with Crippen LogP contribution in [-0.4, -0.2) is 51.3 Å². The highest BCUT2D eigenvalue weighted by Crippen LogP contribution is 2.28. The molecule has 0 amide bonds. The first-order valence-corrected chi connectivity index (χ1v) is 10.0. The average molecular weight is 386 g/mol. The molecule has 146 valence electrons. The van der Waals surface area contributed by atoms with E-state index >= 15 is 0 Å². The smallest absolute Gasteiger partial charge is 0.159 e. The van der Waals surface area contributed by atoms with Crippen LogP contribution in [0, 0.1) is 11.3 Å². The second-order valence-corrected chi connectivity index (χ2v) is 7.46. The van der Waals surface area contributed by atoms with Crippen LogP contribution >= 0.6 is 0 Å². The minimum atomic E-state index is 0.598. The summed E-state index contributed by atoms with van der Waals surface area (Å²) >= 11 is 0. The third-order valence-corrected chi connectivity index (χ3v) is 5.46. The zero-order valence-corrected chi connectivity index (χ0v) is 16.1. The van der Waals surface area contributed by atoms with Gasteiger partial charge >= 0.3 is 0 Å². The number of nitrogens with one attached hydrogen (secondary N) is 2. The third kappa shape index (κ3) is 3.55. The van der Waals surface area contributed by atoms with Crippen molar-refractivity contribution in [2.24, 2.45) is 0 Å². The monoisotopic (exact) mass is 386 g/mol. The lowest BCUT2D eigenvalue weighted by atomic mass is 10.1. The summed E-state index contributed by atoms with van der Waals surface area (Å²) in [6.07, 6.45) is 3.68. The van der Waals surface area contributed by atoms with E-state index in [0.29, 0.717) is 23.7 Å². The van der Waals surface area contributed by atoms with E-state index < -0.39 is 0 Å². The number of ether oxygens (including phenoxy) is 1. The molecule has 7 nitrogen and oxygen atoms in total. The van der Waals surface area contributed by atoms with E-state index in [1.807, 2.05) is 30.3 Å². The van der Waals surface area contributed by atoms with Crippen LogP contribution in [0.3, 0.4) is 0 Å². The average Bonchev–Trinajstić information content (AvgIpc) is 3.49. The molecule has 1 fully saturated rings. The van der Waals surface area contributed by atoms with Gasteiger partial charge in [0.25, 0.3) is 0 Å². The number of hydrogen-bond acceptors (Lipinski definition) is 5. The Morgan fingerprint density at radius 1 is 1.10 bits per heavy atom. The van der Waals surface area contributed by atoms with Crippen LogP contribution in [0.2, 0.25) is 0 Å². The Hall–Kier alpha value is -3.37. The molecule has 0 unspecified atom stereocenters. The van der Waals surface area contributed by atoms with E-state index in [-0.39, 0.29) is 0 Å². The van der Waals surface area contributed by atoms with Crippen molar-refractivity contribution in [3.63, 3.8) is 0 Å². The van der Waals surface area contributed by atoms with Gasteiger partial charge in [-0.1, -0.05) is 0 Å². The standard InChI is InChI=1S/C22H22N6O/c23-14-15-4-6-18-17(12-15)21(27-26-18)22-24-19-7-5-16(13-20(19)25-22)29-11-3-10-28-8-1-2-9-28/h4-7,12-13H,1-3,8-11H2,(H,24,25)(H,26,27). The number of benzene rings is 2. The molecule has 0 aliphatic carbocycles. The van der Waals surface area contributed by atoms with Crippen LogP contribution in [0.15, 0.2) is 36.4 Å². The van der Waals surface area contributed by atoms with Crippen molar-refractivity contribution in [2.75, 3.05) is 26.2 Å². The van der Waals surface area contributed by atoms with Crippen molar-refractivity contribution in [1.82, 2.24) is 25.1 Å². The first-order valence-electron chi connectivity index (χ1n) is 10.0. The second kappa shape index (κ2) is 7.57. The molecule has 1 saturated heterocycles. The van der Waals surface area contributed by atoms with Gasteiger partial charge in [-0.05, 0) is 62.7 Å². The van der Waals surface area contributed by atoms with Crippen molar-refractivity contribution >= 4 is 21.9 Å². The van der Waals surface area contributed by atoms with Crippen LogP contribution in [0.1, 0.15) is 24.8 Å². The normalized spacial score (nSPS) is 14.6. The molecule has 29 heavy (non-hydrogen) atoms. The lowest BCUT2D eigenvalue weighted by Crippen LogP contribution is -2.21. The number of nitriles is 1. The molecule has 2 aromatic carbocycles. The maximum absolute atomic E-state index is 9.17. The van der Waals surface area contributed by atoms with Gasteiger partial charge in [-0.25, -0.2) is 4.98 Å². The number of likely N-dealkylation sites (tertiary alicyclic amines) is 1. The SMILES string of the molecule is N#Cc1ccc2[nH]nc(-c3nc4ccc(OCCCN5CCCC5)cc4[nH]3)c2c1. The minimum absolute atomic E-state index is 0.598. The number of H-pyrrole nitrogens is 2. The number of hydrogen-bond donors (Lipinski definition) is 2. The Balaban J connectivity index is 1.33. The lowest BCUT2D eigenvalue weighted by Gasteiger charge is -2.14. The Morgan fingerprint density at radius 2 is 2.00 bits per heavy atom. The maximum atomic E-state index is 9.17. The summed E-state index contributed by atoms with van der Waals surface area (Å²) in [5, 5.41) is 17.4. The molecular weight excluding hydrogens is 364 g/mol. The molecule has 3 heterocycles. The van der Waals surface area contributed by atoms with Gasteiger partial charge in [0.15, 0.2) is 5.82 Å². The van der Waals surface area contributed by atoms with E-state index in [1.54, 1.807) is 6.07 Å². The van der Waals surface area contributed by atoms with Crippen LogP contribution in [0.25, 0.3) is 33.5 Å². The fraction of sp³-hybridized carbons (Fsp3) is 0.318. The maximum Gasteiger partial charge on any atom is 0.159 e. The molecule has 0 saturated carbocycles. The highest BCUT2D eigenvalue weighted by atomic mass is 16.5. The first kappa shape index (κ1) is 17.7. The van der Waals surface area contributed by atoms with Crippen LogP contribution in [0.4, 0.5) is 0 Å². The highest BCUT2D eigenvalue weighted by molar-refractivity contribution is 5.93. The number of aromatic amines is 2. The number of fused-ring (bicyclic) bond motifs is 2. The van der Waals surface area contributed by atoms with E-state index in [2.05, 4.69) is 31.1 Å². The molecule has 0 spiro atoms. The molecule has 0 atom stereocenters. The molecule has 4 aromatic rings. The topological polar surface area (TPSA) is 93.6 Å². The number of imidazole rings is 1.